The van der Waals surface area contributed by atoms with Crippen molar-refractivity contribution in [2.75, 3.05) is 13.2 Å². The zero-order chi connectivity index (χ0) is 17.7. The van der Waals surface area contributed by atoms with E-state index in [9.17, 15) is 9.90 Å². The van der Waals surface area contributed by atoms with Crippen molar-refractivity contribution in [3.63, 3.8) is 0 Å². The van der Waals surface area contributed by atoms with Crippen molar-refractivity contribution in [2.45, 2.75) is 51.7 Å². The first kappa shape index (κ1) is 21.5. The monoisotopic (exact) mass is 326 g/mol. The van der Waals surface area contributed by atoms with Crippen molar-refractivity contribution < 1.29 is 20.1 Å². The summed E-state index contributed by atoms with van der Waals surface area (Å²) in [4.78, 5) is 10.5. The second kappa shape index (κ2) is 13.0. The fourth-order valence-corrected chi connectivity index (χ4v) is 1.94. The van der Waals surface area contributed by atoms with Crippen molar-refractivity contribution in [1.29, 1.82) is 0 Å². The van der Waals surface area contributed by atoms with Crippen LogP contribution < -0.4 is 5.84 Å². The number of hydrogen-bond acceptors (Lipinski definition) is 5. The van der Waals surface area contributed by atoms with Gasteiger partial charge in [-0.2, -0.15) is 0 Å². The molecule has 132 valence electrons. The number of aliphatic hydroxyl groups excluding tert-OH is 2. The van der Waals surface area contributed by atoms with E-state index in [-0.39, 0.29) is 6.10 Å². The maximum atomic E-state index is 10.5. The first-order valence-electron chi connectivity index (χ1n) is 8.05. The van der Waals surface area contributed by atoms with Gasteiger partial charge in [0.05, 0.1) is 12.7 Å². The van der Waals surface area contributed by atoms with Gasteiger partial charge in [-0.3, -0.25) is 10.6 Å². The molecule has 0 saturated carbocycles. The van der Waals surface area contributed by atoms with Gasteiger partial charge in [0, 0.05) is 6.54 Å². The summed E-state index contributed by atoms with van der Waals surface area (Å²) in [6.45, 7) is 4.09. The summed E-state index contributed by atoms with van der Waals surface area (Å²) < 4.78 is 0. The van der Waals surface area contributed by atoms with Gasteiger partial charge in [0.2, 0.25) is 0 Å². The first-order valence-corrected chi connectivity index (χ1v) is 8.05. The van der Waals surface area contributed by atoms with E-state index in [2.05, 4.69) is 6.92 Å². The minimum atomic E-state index is -1.08. The van der Waals surface area contributed by atoms with E-state index in [0.717, 1.165) is 31.2 Å². The van der Waals surface area contributed by atoms with E-state index >= 15 is 0 Å². The van der Waals surface area contributed by atoms with Crippen LogP contribution in [-0.4, -0.2) is 45.5 Å². The summed E-state index contributed by atoms with van der Waals surface area (Å²) in [5.74, 6) is 4.38. The Morgan fingerprint density at radius 3 is 2.26 bits per heavy atom. The van der Waals surface area contributed by atoms with E-state index in [1.165, 1.54) is 5.01 Å². The highest BCUT2D eigenvalue weighted by molar-refractivity contribution is 5.73. The quantitative estimate of drug-likeness (QED) is 0.314. The SMILES string of the molecule is CCC(O)c1ccccc1.CCCCCN(N)C(CO)C(=O)O. The lowest BCUT2D eigenvalue weighted by Crippen LogP contribution is -2.48. The Hall–Kier alpha value is -1.47. The number of hydrazine groups is 1. The smallest absolute Gasteiger partial charge is 0.324 e. The second-order valence-electron chi connectivity index (χ2n) is 5.32. The summed E-state index contributed by atoms with van der Waals surface area (Å²) in [7, 11) is 0. The lowest BCUT2D eigenvalue weighted by molar-refractivity contribution is -0.145. The third kappa shape index (κ3) is 9.30. The third-order valence-corrected chi connectivity index (χ3v) is 3.45. The molecule has 1 aromatic rings. The maximum Gasteiger partial charge on any atom is 0.324 e. The number of benzene rings is 1. The molecule has 0 aliphatic rings. The van der Waals surface area contributed by atoms with Gasteiger partial charge in [-0.15, -0.1) is 0 Å². The van der Waals surface area contributed by atoms with Crippen LogP contribution in [0.3, 0.4) is 0 Å². The van der Waals surface area contributed by atoms with Crippen molar-refractivity contribution in [3.8, 4) is 0 Å². The third-order valence-electron chi connectivity index (χ3n) is 3.45. The van der Waals surface area contributed by atoms with Crippen molar-refractivity contribution in [2.24, 2.45) is 5.84 Å². The molecule has 0 bridgehead atoms. The molecule has 2 atom stereocenters. The van der Waals surface area contributed by atoms with Crippen LogP contribution in [0.15, 0.2) is 30.3 Å². The van der Waals surface area contributed by atoms with E-state index in [1.54, 1.807) is 0 Å². The largest absolute Gasteiger partial charge is 0.480 e. The molecule has 0 saturated heterocycles. The molecule has 6 nitrogen and oxygen atoms in total. The Balaban J connectivity index is 0.000000433. The molecule has 0 fully saturated rings. The molecule has 0 aliphatic carbocycles. The summed E-state index contributed by atoms with van der Waals surface area (Å²) in [6.07, 6.45) is 3.43. The highest BCUT2D eigenvalue weighted by Gasteiger charge is 2.21. The molecule has 0 radical (unpaired) electrons. The van der Waals surface area contributed by atoms with Gasteiger partial charge in [-0.25, -0.2) is 5.01 Å². The first-order chi connectivity index (χ1) is 11.0. The van der Waals surface area contributed by atoms with Crippen molar-refractivity contribution >= 4 is 5.97 Å². The van der Waals surface area contributed by atoms with Gasteiger partial charge < -0.3 is 15.3 Å². The van der Waals surface area contributed by atoms with Crippen LogP contribution in [0.25, 0.3) is 0 Å². The topological polar surface area (TPSA) is 107 Å². The molecule has 0 aliphatic heterocycles. The van der Waals surface area contributed by atoms with Gasteiger partial charge in [0.25, 0.3) is 0 Å². The van der Waals surface area contributed by atoms with E-state index in [4.69, 9.17) is 16.1 Å². The summed E-state index contributed by atoms with van der Waals surface area (Å²) in [6, 6.07) is 8.73. The molecular weight excluding hydrogens is 296 g/mol. The van der Waals surface area contributed by atoms with Gasteiger partial charge in [-0.05, 0) is 18.4 Å². The van der Waals surface area contributed by atoms with E-state index in [0.29, 0.717) is 6.54 Å². The molecule has 0 heterocycles. The Morgan fingerprint density at radius 1 is 1.22 bits per heavy atom. The van der Waals surface area contributed by atoms with Crippen molar-refractivity contribution in [1.82, 2.24) is 5.01 Å². The second-order valence-corrected chi connectivity index (χ2v) is 5.32. The van der Waals surface area contributed by atoms with Crippen LogP contribution in [0.2, 0.25) is 0 Å². The highest BCUT2D eigenvalue weighted by Crippen LogP contribution is 2.14. The summed E-state index contributed by atoms with van der Waals surface area (Å²) in [5, 5.41) is 27.8. The molecule has 1 rings (SSSR count). The van der Waals surface area contributed by atoms with Crippen LogP contribution in [0.5, 0.6) is 0 Å². The predicted molar refractivity (Wildman–Crippen MR) is 90.6 cm³/mol. The summed E-state index contributed by atoms with van der Waals surface area (Å²) >= 11 is 0. The number of nitrogens with two attached hydrogens (primary N) is 1. The number of hydrogen-bond donors (Lipinski definition) is 4. The number of aliphatic carboxylic acids is 1. The minimum absolute atomic E-state index is 0.291. The number of carbonyl (C=O) groups is 1. The number of aliphatic hydroxyl groups is 2. The minimum Gasteiger partial charge on any atom is -0.480 e. The number of unbranched alkanes of at least 4 members (excludes halogenated alkanes) is 2. The van der Waals surface area contributed by atoms with E-state index in [1.807, 2.05) is 37.3 Å². The molecule has 5 N–H and O–H groups in total. The molecule has 6 heteroatoms. The molecule has 23 heavy (non-hydrogen) atoms. The van der Waals surface area contributed by atoms with Gasteiger partial charge in [0.15, 0.2) is 0 Å². The molecule has 0 spiro atoms. The Kier molecular flexibility index (Phi) is 12.2. The highest BCUT2D eigenvalue weighted by atomic mass is 16.4. The lowest BCUT2D eigenvalue weighted by atomic mass is 10.1. The fourth-order valence-electron chi connectivity index (χ4n) is 1.94. The van der Waals surface area contributed by atoms with Crippen LogP contribution in [0, 0.1) is 0 Å². The van der Waals surface area contributed by atoms with Gasteiger partial charge in [-0.1, -0.05) is 57.0 Å². The maximum absolute atomic E-state index is 10.5. The number of carboxylic acids is 1. The Bertz CT molecular complexity index is 414. The zero-order valence-electron chi connectivity index (χ0n) is 14.1. The van der Waals surface area contributed by atoms with Gasteiger partial charge >= 0.3 is 5.97 Å². The predicted octanol–water partition coefficient (Wildman–Crippen LogP) is 1.93. The van der Waals surface area contributed by atoms with Crippen LogP contribution >= 0.6 is 0 Å². The van der Waals surface area contributed by atoms with Crippen LogP contribution in [-0.2, 0) is 4.79 Å². The number of carboxylic acid groups (broad SMARTS) is 1. The Morgan fingerprint density at radius 2 is 1.83 bits per heavy atom. The lowest BCUT2D eigenvalue weighted by Gasteiger charge is -2.21. The molecule has 2 unspecified atom stereocenters. The fraction of sp³-hybridized carbons (Fsp3) is 0.588. The molecule has 1 aromatic carbocycles. The summed E-state index contributed by atoms with van der Waals surface area (Å²) in [5.41, 5.74) is 1.00. The van der Waals surface area contributed by atoms with E-state index < -0.39 is 18.6 Å². The average Bonchev–Trinajstić information content (AvgIpc) is 2.56. The van der Waals surface area contributed by atoms with Gasteiger partial charge in [0.1, 0.15) is 6.04 Å². The molecular formula is C17H30N2O4. The number of rotatable bonds is 9. The van der Waals surface area contributed by atoms with Crippen LogP contribution in [0.4, 0.5) is 0 Å². The Labute approximate surface area is 138 Å². The molecule has 0 aromatic heterocycles. The van der Waals surface area contributed by atoms with Crippen molar-refractivity contribution in [3.05, 3.63) is 35.9 Å². The average molecular weight is 326 g/mol. The van der Waals surface area contributed by atoms with Crippen LogP contribution in [0.1, 0.15) is 51.2 Å². The number of nitrogens with zero attached hydrogens (tertiary/aromatic N) is 1. The normalized spacial score (nSPS) is 13.1. The molecule has 0 amide bonds. The standard InChI is InChI=1S/C9H12O.C8H18N2O3/c1-2-9(10)8-6-4-3-5-7-8;1-2-3-4-5-10(9)7(6-11)8(12)13/h3-7,9-10H,2H2,1H3;7,11H,2-6,9H2,1H3,(H,12,13). The zero-order valence-corrected chi connectivity index (χ0v) is 14.1.